The van der Waals surface area contributed by atoms with Crippen molar-refractivity contribution in [2.75, 3.05) is 5.75 Å². The van der Waals surface area contributed by atoms with Gasteiger partial charge in [0.05, 0.1) is 21.7 Å². The van der Waals surface area contributed by atoms with Gasteiger partial charge in [0.25, 0.3) is 11.6 Å². The van der Waals surface area contributed by atoms with Crippen LogP contribution in [0.25, 0.3) is 11.0 Å². The summed E-state index contributed by atoms with van der Waals surface area (Å²) in [4.78, 5) is 38.9. The first kappa shape index (κ1) is 20.1. The van der Waals surface area contributed by atoms with Gasteiger partial charge in [-0.2, -0.15) is 0 Å². The molecule has 10 heteroatoms. The number of benzene rings is 2. The van der Waals surface area contributed by atoms with E-state index in [0.717, 1.165) is 17.1 Å². The zero-order valence-corrected chi connectivity index (χ0v) is 16.0. The third kappa shape index (κ3) is 4.79. The highest BCUT2D eigenvalue weighted by atomic mass is 32.2. The lowest BCUT2D eigenvalue weighted by Gasteiger charge is -2.08. The van der Waals surface area contributed by atoms with Crippen LogP contribution in [0.2, 0.25) is 0 Å². The number of rotatable bonds is 7. The van der Waals surface area contributed by atoms with Gasteiger partial charge in [0, 0.05) is 24.2 Å². The molecule has 0 fully saturated rings. The van der Waals surface area contributed by atoms with Crippen LogP contribution in [-0.4, -0.2) is 32.0 Å². The monoisotopic (exact) mass is 411 g/mol. The van der Waals surface area contributed by atoms with Crippen molar-refractivity contribution in [2.45, 2.75) is 11.7 Å². The number of hydrogen-bond donors (Lipinski definition) is 2. The van der Waals surface area contributed by atoms with Crippen LogP contribution >= 0.6 is 11.8 Å². The van der Waals surface area contributed by atoms with E-state index in [2.05, 4.69) is 22.4 Å². The molecule has 2 amide bonds. The number of hydrazine groups is 1. The van der Waals surface area contributed by atoms with Gasteiger partial charge in [-0.05, 0) is 18.2 Å². The summed E-state index contributed by atoms with van der Waals surface area (Å²) in [6.45, 7) is 4.30. The van der Waals surface area contributed by atoms with E-state index in [4.69, 9.17) is 0 Å². The van der Waals surface area contributed by atoms with Gasteiger partial charge < -0.3 is 4.57 Å². The minimum absolute atomic E-state index is 0.0235. The Hall–Kier alpha value is -3.66. The number of amides is 2. The second kappa shape index (κ2) is 9.02. The van der Waals surface area contributed by atoms with Crippen LogP contribution in [0.15, 0.2) is 66.3 Å². The number of carbonyl (C=O) groups is 2. The fourth-order valence-electron chi connectivity index (χ4n) is 2.59. The van der Waals surface area contributed by atoms with Gasteiger partial charge in [-0.1, -0.05) is 36.0 Å². The molecule has 0 saturated carbocycles. The van der Waals surface area contributed by atoms with Crippen molar-refractivity contribution in [3.05, 3.63) is 76.9 Å². The van der Waals surface area contributed by atoms with Gasteiger partial charge in [-0.25, -0.2) is 4.98 Å². The van der Waals surface area contributed by atoms with E-state index in [0.29, 0.717) is 11.7 Å². The molecule has 0 spiro atoms. The minimum atomic E-state index is -0.647. The maximum absolute atomic E-state index is 12.1. The van der Waals surface area contributed by atoms with E-state index in [-0.39, 0.29) is 17.0 Å². The molecule has 148 valence electrons. The standard InChI is InChI=1S/C19H17N5O4S/c1-2-10-23-16-9-4-3-8-15(16)20-19(23)29-12-17(25)21-22-18(26)13-6-5-7-14(11-13)24(27)28/h2-9,11H,1,10,12H2,(H,21,25)(H,22,26). The first-order valence-electron chi connectivity index (χ1n) is 8.52. The number of nitro groups is 1. The molecule has 2 aromatic carbocycles. The molecule has 3 aromatic rings. The number of carbonyl (C=O) groups excluding carboxylic acids is 2. The Morgan fingerprint density at radius 2 is 2.00 bits per heavy atom. The van der Waals surface area contributed by atoms with Gasteiger partial charge in [0.2, 0.25) is 5.91 Å². The minimum Gasteiger partial charge on any atom is -0.315 e. The maximum Gasteiger partial charge on any atom is 0.270 e. The van der Waals surface area contributed by atoms with E-state index in [1.54, 1.807) is 6.08 Å². The Labute approximate surface area is 169 Å². The molecular formula is C19H17N5O4S. The molecule has 0 unspecified atom stereocenters. The second-order valence-corrected chi connectivity index (χ2v) is 6.82. The fourth-order valence-corrected chi connectivity index (χ4v) is 3.42. The Morgan fingerprint density at radius 3 is 2.76 bits per heavy atom. The molecule has 0 radical (unpaired) electrons. The van der Waals surface area contributed by atoms with E-state index >= 15 is 0 Å². The highest BCUT2D eigenvalue weighted by molar-refractivity contribution is 7.99. The van der Waals surface area contributed by atoms with Crippen molar-refractivity contribution in [2.24, 2.45) is 0 Å². The molecule has 0 saturated heterocycles. The number of nitrogens with one attached hydrogen (secondary N) is 2. The number of allylic oxidation sites excluding steroid dienone is 1. The molecule has 1 aromatic heterocycles. The molecular weight excluding hydrogens is 394 g/mol. The van der Waals surface area contributed by atoms with Crippen molar-refractivity contribution in [3.63, 3.8) is 0 Å². The van der Waals surface area contributed by atoms with Crippen LogP contribution < -0.4 is 10.9 Å². The van der Waals surface area contributed by atoms with E-state index in [1.165, 1.54) is 30.0 Å². The van der Waals surface area contributed by atoms with Crippen LogP contribution in [0.3, 0.4) is 0 Å². The lowest BCUT2D eigenvalue weighted by Crippen LogP contribution is -2.42. The molecule has 0 atom stereocenters. The number of nitro benzene ring substituents is 1. The molecule has 9 nitrogen and oxygen atoms in total. The lowest BCUT2D eigenvalue weighted by atomic mass is 10.2. The molecule has 0 aliphatic rings. The van der Waals surface area contributed by atoms with E-state index in [1.807, 2.05) is 28.8 Å². The Bertz CT molecular complexity index is 1100. The Kier molecular flexibility index (Phi) is 6.25. The summed E-state index contributed by atoms with van der Waals surface area (Å²) in [6, 6.07) is 12.9. The number of nitrogens with zero attached hydrogens (tertiary/aromatic N) is 3. The van der Waals surface area contributed by atoms with Crippen LogP contribution in [0.1, 0.15) is 10.4 Å². The normalized spacial score (nSPS) is 10.5. The van der Waals surface area contributed by atoms with Gasteiger partial charge in [0.15, 0.2) is 5.16 Å². The topological polar surface area (TPSA) is 119 Å². The Balaban J connectivity index is 1.59. The first-order chi connectivity index (χ1) is 14.0. The SMILES string of the molecule is C=CCn1c(SCC(=O)NNC(=O)c2cccc([N+](=O)[O-])c2)nc2ccccc21. The molecule has 0 aliphatic carbocycles. The van der Waals surface area contributed by atoms with Crippen LogP contribution in [-0.2, 0) is 11.3 Å². The van der Waals surface area contributed by atoms with Gasteiger partial charge in [-0.15, -0.1) is 6.58 Å². The average molecular weight is 411 g/mol. The molecule has 29 heavy (non-hydrogen) atoms. The summed E-state index contributed by atoms with van der Waals surface area (Å²) in [7, 11) is 0. The van der Waals surface area contributed by atoms with Crippen LogP contribution in [0.4, 0.5) is 5.69 Å². The summed E-state index contributed by atoms with van der Waals surface area (Å²) in [5.74, 6) is -1.06. The third-order valence-electron chi connectivity index (χ3n) is 3.90. The Morgan fingerprint density at radius 1 is 1.21 bits per heavy atom. The zero-order chi connectivity index (χ0) is 20.8. The first-order valence-corrected chi connectivity index (χ1v) is 9.50. The summed E-state index contributed by atoms with van der Waals surface area (Å²) in [6.07, 6.45) is 1.75. The summed E-state index contributed by atoms with van der Waals surface area (Å²) in [5.41, 5.74) is 6.17. The van der Waals surface area contributed by atoms with E-state index in [9.17, 15) is 19.7 Å². The van der Waals surface area contributed by atoms with Crippen molar-refractivity contribution in [3.8, 4) is 0 Å². The van der Waals surface area contributed by atoms with E-state index < -0.39 is 16.7 Å². The summed E-state index contributed by atoms with van der Waals surface area (Å²) < 4.78 is 1.95. The number of non-ortho nitro benzene ring substituents is 1. The second-order valence-electron chi connectivity index (χ2n) is 5.88. The molecule has 3 rings (SSSR count). The largest absolute Gasteiger partial charge is 0.315 e. The van der Waals surface area contributed by atoms with Crippen molar-refractivity contribution in [1.82, 2.24) is 20.4 Å². The maximum atomic E-state index is 12.1. The number of imidazole rings is 1. The fraction of sp³-hybridized carbons (Fsp3) is 0.105. The predicted molar refractivity (Wildman–Crippen MR) is 109 cm³/mol. The molecule has 0 aliphatic heterocycles. The predicted octanol–water partition coefficient (Wildman–Crippen LogP) is 2.68. The van der Waals surface area contributed by atoms with Crippen molar-refractivity contribution in [1.29, 1.82) is 0 Å². The number of thioether (sulfide) groups is 1. The molecule has 1 heterocycles. The van der Waals surface area contributed by atoms with Gasteiger partial charge in [0.1, 0.15) is 0 Å². The quantitative estimate of drug-likeness (QED) is 0.267. The van der Waals surface area contributed by atoms with Crippen LogP contribution in [0, 0.1) is 10.1 Å². The third-order valence-corrected chi connectivity index (χ3v) is 4.87. The smallest absolute Gasteiger partial charge is 0.270 e. The van der Waals surface area contributed by atoms with Crippen molar-refractivity contribution < 1.29 is 14.5 Å². The number of para-hydroxylation sites is 2. The highest BCUT2D eigenvalue weighted by Crippen LogP contribution is 2.24. The lowest BCUT2D eigenvalue weighted by molar-refractivity contribution is -0.384. The highest BCUT2D eigenvalue weighted by Gasteiger charge is 2.14. The summed E-state index contributed by atoms with van der Waals surface area (Å²) in [5, 5.41) is 11.4. The summed E-state index contributed by atoms with van der Waals surface area (Å²) >= 11 is 1.23. The van der Waals surface area contributed by atoms with Crippen LogP contribution in [0.5, 0.6) is 0 Å². The van der Waals surface area contributed by atoms with Gasteiger partial charge >= 0.3 is 0 Å². The molecule has 0 bridgehead atoms. The van der Waals surface area contributed by atoms with Gasteiger partial charge in [-0.3, -0.25) is 30.6 Å². The number of aromatic nitrogens is 2. The number of hydrogen-bond acceptors (Lipinski definition) is 6. The van der Waals surface area contributed by atoms with Crippen molar-refractivity contribution >= 4 is 40.3 Å². The zero-order valence-electron chi connectivity index (χ0n) is 15.2. The number of fused-ring (bicyclic) bond motifs is 1. The molecule has 2 N–H and O–H groups in total. The average Bonchev–Trinajstić information content (AvgIpc) is 3.08.